The van der Waals surface area contributed by atoms with Crippen LogP contribution in [0.15, 0.2) is 48.5 Å². The summed E-state index contributed by atoms with van der Waals surface area (Å²) in [4.78, 5) is 35.2. The average molecular weight is 357 g/mol. The number of rotatable bonds is 8. The maximum Gasteiger partial charge on any atom is 0.344 e. The smallest absolute Gasteiger partial charge is 0.344 e. The Balaban J connectivity index is 1.82. The molecule has 26 heavy (non-hydrogen) atoms. The fraction of sp³-hybridized carbons (Fsp3) is 0.211. The Kier molecular flexibility index (Phi) is 6.73. The maximum absolute atomic E-state index is 11.9. The maximum atomic E-state index is 11.9. The van der Waals surface area contributed by atoms with E-state index in [2.05, 4.69) is 5.32 Å². The van der Waals surface area contributed by atoms with Crippen molar-refractivity contribution in [3.63, 3.8) is 0 Å². The van der Waals surface area contributed by atoms with E-state index in [1.807, 2.05) is 0 Å². The lowest BCUT2D eigenvalue weighted by Gasteiger charge is -2.11. The summed E-state index contributed by atoms with van der Waals surface area (Å²) in [5.74, 6) is -0.552. The van der Waals surface area contributed by atoms with E-state index >= 15 is 0 Å². The number of Topliss-reactive ketones (excluding diaryl/α,β-unsaturated/α-hetero) is 1. The predicted octanol–water partition coefficient (Wildman–Crippen LogP) is 2.46. The van der Waals surface area contributed by atoms with Crippen molar-refractivity contribution in [2.75, 3.05) is 25.6 Å². The van der Waals surface area contributed by atoms with Crippen molar-refractivity contribution in [2.24, 2.45) is 0 Å². The van der Waals surface area contributed by atoms with Crippen LogP contribution in [0.2, 0.25) is 0 Å². The molecule has 0 saturated carbocycles. The number of esters is 1. The number of carbonyl (C=O) groups excluding carboxylic acids is 3. The van der Waals surface area contributed by atoms with Crippen LogP contribution in [0, 0.1) is 0 Å². The third kappa shape index (κ3) is 5.34. The molecular weight excluding hydrogens is 338 g/mol. The Morgan fingerprint density at radius 2 is 1.58 bits per heavy atom. The van der Waals surface area contributed by atoms with Gasteiger partial charge in [-0.1, -0.05) is 24.3 Å². The van der Waals surface area contributed by atoms with Crippen LogP contribution in [0.4, 0.5) is 5.69 Å². The number of ether oxygens (including phenoxy) is 3. The number of nitrogens with one attached hydrogen (secondary N) is 1. The molecular formula is C19H19NO6. The molecule has 0 aliphatic rings. The molecule has 136 valence electrons. The van der Waals surface area contributed by atoms with E-state index in [4.69, 9.17) is 14.2 Å². The monoisotopic (exact) mass is 357 g/mol. The van der Waals surface area contributed by atoms with Gasteiger partial charge in [-0.15, -0.1) is 0 Å². The van der Waals surface area contributed by atoms with Gasteiger partial charge in [0.1, 0.15) is 0 Å². The van der Waals surface area contributed by atoms with Gasteiger partial charge < -0.3 is 19.5 Å². The fourth-order valence-electron chi connectivity index (χ4n) is 2.15. The Morgan fingerprint density at radius 3 is 2.27 bits per heavy atom. The molecule has 0 aromatic heterocycles. The zero-order valence-electron chi connectivity index (χ0n) is 14.5. The largest absolute Gasteiger partial charge is 0.493 e. The van der Waals surface area contributed by atoms with E-state index in [1.54, 1.807) is 48.5 Å². The number of anilines is 1. The summed E-state index contributed by atoms with van der Waals surface area (Å²) in [6, 6.07) is 13.4. The van der Waals surface area contributed by atoms with Crippen molar-refractivity contribution in [3.05, 3.63) is 54.1 Å². The number of ketones is 1. The highest BCUT2D eigenvalue weighted by molar-refractivity contribution is 6.04. The number of benzene rings is 2. The lowest BCUT2D eigenvalue weighted by atomic mass is 10.1. The van der Waals surface area contributed by atoms with E-state index in [0.717, 1.165) is 0 Å². The van der Waals surface area contributed by atoms with E-state index in [0.29, 0.717) is 22.7 Å². The van der Waals surface area contributed by atoms with Gasteiger partial charge in [0.2, 0.25) is 0 Å². The van der Waals surface area contributed by atoms with Gasteiger partial charge in [0.25, 0.3) is 5.91 Å². The van der Waals surface area contributed by atoms with Crippen molar-refractivity contribution in [3.8, 4) is 11.5 Å². The topological polar surface area (TPSA) is 90.9 Å². The number of hydrogen-bond donors (Lipinski definition) is 1. The lowest BCUT2D eigenvalue weighted by molar-refractivity contribution is -0.149. The van der Waals surface area contributed by atoms with E-state index in [1.165, 1.54) is 14.0 Å². The fourth-order valence-corrected chi connectivity index (χ4v) is 2.15. The number of hydrogen-bond acceptors (Lipinski definition) is 6. The number of methoxy groups -OCH3 is 1. The zero-order valence-corrected chi connectivity index (χ0v) is 14.5. The summed E-state index contributed by atoms with van der Waals surface area (Å²) in [6.07, 6.45) is 0. The van der Waals surface area contributed by atoms with Crippen molar-refractivity contribution in [2.45, 2.75) is 6.92 Å². The summed E-state index contributed by atoms with van der Waals surface area (Å²) in [5.41, 5.74) is 0.748. The van der Waals surface area contributed by atoms with Gasteiger partial charge in [0.05, 0.1) is 12.8 Å². The van der Waals surface area contributed by atoms with Crippen LogP contribution < -0.4 is 14.8 Å². The van der Waals surface area contributed by atoms with Crippen LogP contribution in [0.3, 0.4) is 0 Å². The first-order valence-electron chi connectivity index (χ1n) is 7.82. The molecule has 0 heterocycles. The normalized spacial score (nSPS) is 9.92. The Morgan fingerprint density at radius 1 is 0.923 bits per heavy atom. The second-order valence-electron chi connectivity index (χ2n) is 5.25. The lowest BCUT2D eigenvalue weighted by Crippen LogP contribution is -2.24. The SMILES string of the molecule is COc1ccccc1OCC(=O)OCC(=O)Nc1ccccc1C(C)=O. The standard InChI is InChI=1S/C19H19NO6/c1-13(21)14-7-3-4-8-15(14)20-18(22)11-26-19(23)12-25-17-10-6-5-9-16(17)24-2/h3-10H,11-12H2,1-2H3,(H,20,22). The van der Waals surface area contributed by atoms with Crippen molar-refractivity contribution < 1.29 is 28.6 Å². The molecule has 7 nitrogen and oxygen atoms in total. The third-order valence-corrected chi connectivity index (χ3v) is 3.36. The third-order valence-electron chi connectivity index (χ3n) is 3.36. The molecule has 7 heteroatoms. The van der Waals surface area contributed by atoms with Gasteiger partial charge in [-0.05, 0) is 31.2 Å². The summed E-state index contributed by atoms with van der Waals surface area (Å²) in [7, 11) is 1.49. The van der Waals surface area contributed by atoms with E-state index in [-0.39, 0.29) is 12.4 Å². The van der Waals surface area contributed by atoms with Gasteiger partial charge in [0, 0.05) is 5.56 Å². The molecule has 0 radical (unpaired) electrons. The average Bonchev–Trinajstić information content (AvgIpc) is 2.65. The van der Waals surface area contributed by atoms with Crippen LogP contribution in [0.5, 0.6) is 11.5 Å². The van der Waals surface area contributed by atoms with Gasteiger partial charge in [-0.25, -0.2) is 4.79 Å². The Bertz CT molecular complexity index is 802. The molecule has 0 spiro atoms. The van der Waals surface area contributed by atoms with Gasteiger partial charge in [-0.2, -0.15) is 0 Å². The molecule has 0 aliphatic carbocycles. The molecule has 0 aliphatic heterocycles. The van der Waals surface area contributed by atoms with Gasteiger partial charge in [-0.3, -0.25) is 9.59 Å². The van der Waals surface area contributed by atoms with Crippen LogP contribution in [-0.4, -0.2) is 38.0 Å². The minimum atomic E-state index is -0.703. The molecule has 1 N–H and O–H groups in total. The quantitative estimate of drug-likeness (QED) is 0.576. The molecule has 1 amide bonds. The highest BCUT2D eigenvalue weighted by Crippen LogP contribution is 2.25. The van der Waals surface area contributed by atoms with Crippen molar-refractivity contribution in [1.29, 1.82) is 0 Å². The van der Waals surface area contributed by atoms with Gasteiger partial charge in [0.15, 0.2) is 30.5 Å². The summed E-state index contributed by atoms with van der Waals surface area (Å²) in [5, 5.41) is 2.54. The molecule has 0 fully saturated rings. The minimum Gasteiger partial charge on any atom is -0.493 e. The van der Waals surface area contributed by atoms with E-state index < -0.39 is 18.5 Å². The van der Waals surface area contributed by atoms with E-state index in [9.17, 15) is 14.4 Å². The minimum absolute atomic E-state index is 0.178. The highest BCUT2D eigenvalue weighted by atomic mass is 16.6. The number of carbonyl (C=O) groups is 3. The molecule has 2 aromatic rings. The van der Waals surface area contributed by atoms with Crippen LogP contribution in [0.25, 0.3) is 0 Å². The summed E-state index contributed by atoms with van der Waals surface area (Å²) < 4.78 is 15.3. The molecule has 0 bridgehead atoms. The number of para-hydroxylation sites is 3. The summed E-state index contributed by atoms with van der Waals surface area (Å²) in [6.45, 7) is 0.554. The molecule has 0 atom stereocenters. The van der Waals surface area contributed by atoms with Crippen LogP contribution >= 0.6 is 0 Å². The first-order valence-corrected chi connectivity index (χ1v) is 7.82. The Hall–Kier alpha value is -3.35. The molecule has 2 rings (SSSR count). The van der Waals surface area contributed by atoms with Crippen molar-refractivity contribution >= 4 is 23.3 Å². The summed E-state index contributed by atoms with van der Waals surface area (Å²) >= 11 is 0. The second-order valence-corrected chi connectivity index (χ2v) is 5.25. The first-order chi connectivity index (χ1) is 12.5. The van der Waals surface area contributed by atoms with Gasteiger partial charge >= 0.3 is 5.97 Å². The first kappa shape index (κ1) is 19.0. The zero-order chi connectivity index (χ0) is 18.9. The molecule has 0 saturated heterocycles. The van der Waals surface area contributed by atoms with Crippen molar-refractivity contribution in [1.82, 2.24) is 0 Å². The van der Waals surface area contributed by atoms with Crippen LogP contribution in [0.1, 0.15) is 17.3 Å². The highest BCUT2D eigenvalue weighted by Gasteiger charge is 2.13. The molecule has 2 aromatic carbocycles. The second kappa shape index (κ2) is 9.22. The molecule has 0 unspecified atom stereocenters. The van der Waals surface area contributed by atoms with Crippen LogP contribution in [-0.2, 0) is 14.3 Å². The Labute approximate surface area is 150 Å². The predicted molar refractivity (Wildman–Crippen MR) is 94.5 cm³/mol. The number of amides is 1.